The summed E-state index contributed by atoms with van der Waals surface area (Å²) in [6.45, 7) is 3.88. The van der Waals surface area contributed by atoms with Gasteiger partial charge in [-0.1, -0.05) is 37.8 Å². The number of aliphatic hydroxyl groups excluding tert-OH is 1. The van der Waals surface area contributed by atoms with E-state index >= 15 is 0 Å². The van der Waals surface area contributed by atoms with Crippen LogP contribution in [0.5, 0.6) is 0 Å². The van der Waals surface area contributed by atoms with Crippen LogP contribution in [0.1, 0.15) is 69.6 Å². The van der Waals surface area contributed by atoms with Crippen LogP contribution in [0.3, 0.4) is 0 Å². The van der Waals surface area contributed by atoms with Crippen molar-refractivity contribution in [3.8, 4) is 0 Å². The number of carbonyl (C=O) groups excluding carboxylic acids is 1. The van der Waals surface area contributed by atoms with E-state index in [1.54, 1.807) is 0 Å². The van der Waals surface area contributed by atoms with Crippen molar-refractivity contribution in [2.75, 3.05) is 5.32 Å². The summed E-state index contributed by atoms with van der Waals surface area (Å²) in [5, 5.41) is 13.7. The lowest BCUT2D eigenvalue weighted by atomic mass is 9.83. The van der Waals surface area contributed by atoms with Gasteiger partial charge < -0.3 is 10.4 Å². The van der Waals surface area contributed by atoms with E-state index in [2.05, 4.69) is 5.32 Å². The van der Waals surface area contributed by atoms with Crippen molar-refractivity contribution in [1.29, 1.82) is 0 Å². The Morgan fingerprint density at radius 2 is 1.86 bits per heavy atom. The standard InChI is InChI=1S/C18H25NO2/c1-18(2)14-11-13(9-10-15(14)19-17(18)21)16(20)12-7-5-3-4-6-8-12/h9-12,16,20H,3-8H2,1-2H3,(H,19,21). The molecule has 1 aliphatic carbocycles. The molecule has 0 saturated heterocycles. The first-order valence-corrected chi connectivity index (χ1v) is 8.14. The molecule has 1 unspecified atom stereocenters. The quantitative estimate of drug-likeness (QED) is 0.810. The minimum absolute atomic E-state index is 0.0404. The molecule has 21 heavy (non-hydrogen) atoms. The van der Waals surface area contributed by atoms with Crippen molar-refractivity contribution in [3.05, 3.63) is 29.3 Å². The van der Waals surface area contributed by atoms with Crippen molar-refractivity contribution >= 4 is 11.6 Å². The highest BCUT2D eigenvalue weighted by atomic mass is 16.3. The summed E-state index contributed by atoms with van der Waals surface area (Å²) in [4.78, 5) is 12.0. The van der Waals surface area contributed by atoms with Gasteiger partial charge in [-0.25, -0.2) is 0 Å². The zero-order valence-corrected chi connectivity index (χ0v) is 13.0. The highest BCUT2D eigenvalue weighted by Gasteiger charge is 2.38. The minimum Gasteiger partial charge on any atom is -0.388 e. The highest BCUT2D eigenvalue weighted by Crippen LogP contribution is 2.40. The van der Waals surface area contributed by atoms with Crippen LogP contribution in [0.4, 0.5) is 5.69 Å². The van der Waals surface area contributed by atoms with Crippen molar-refractivity contribution in [2.24, 2.45) is 5.92 Å². The topological polar surface area (TPSA) is 49.3 Å². The molecule has 3 nitrogen and oxygen atoms in total. The van der Waals surface area contributed by atoms with E-state index in [4.69, 9.17) is 0 Å². The lowest BCUT2D eigenvalue weighted by Crippen LogP contribution is -2.27. The SMILES string of the molecule is CC1(C)C(=O)Nc2ccc(C(O)C3CCCCCC3)cc21. The molecule has 0 aromatic heterocycles. The second-order valence-electron chi connectivity index (χ2n) is 7.08. The number of anilines is 1. The normalized spacial score (nSPS) is 23.3. The van der Waals surface area contributed by atoms with Gasteiger partial charge in [-0.3, -0.25) is 4.79 Å². The van der Waals surface area contributed by atoms with Crippen molar-refractivity contribution in [2.45, 2.75) is 63.9 Å². The summed E-state index contributed by atoms with van der Waals surface area (Å²) < 4.78 is 0. The van der Waals surface area contributed by atoms with Crippen LogP contribution in [0.25, 0.3) is 0 Å². The van der Waals surface area contributed by atoms with E-state index in [0.29, 0.717) is 5.92 Å². The van der Waals surface area contributed by atoms with E-state index in [1.165, 1.54) is 25.7 Å². The van der Waals surface area contributed by atoms with Gasteiger partial charge in [0.05, 0.1) is 11.5 Å². The Kier molecular flexibility index (Phi) is 3.78. The van der Waals surface area contributed by atoms with Crippen LogP contribution in [-0.2, 0) is 10.2 Å². The third-order valence-corrected chi connectivity index (χ3v) is 5.22. The molecule has 3 rings (SSSR count). The lowest BCUT2D eigenvalue weighted by Gasteiger charge is -2.23. The summed E-state index contributed by atoms with van der Waals surface area (Å²) >= 11 is 0. The van der Waals surface area contributed by atoms with E-state index in [9.17, 15) is 9.90 Å². The molecule has 1 saturated carbocycles. The molecule has 1 aromatic rings. The Balaban J connectivity index is 1.87. The second-order valence-corrected chi connectivity index (χ2v) is 7.08. The molecule has 1 aliphatic heterocycles. The molecule has 1 fully saturated rings. The molecule has 2 aliphatic rings. The first-order valence-electron chi connectivity index (χ1n) is 8.14. The third-order valence-electron chi connectivity index (χ3n) is 5.22. The average Bonchev–Trinajstić information content (AvgIpc) is 2.68. The molecular weight excluding hydrogens is 262 g/mol. The van der Waals surface area contributed by atoms with E-state index in [1.807, 2.05) is 32.0 Å². The van der Waals surface area contributed by atoms with Crippen molar-refractivity contribution < 1.29 is 9.90 Å². The molecule has 1 atom stereocenters. The van der Waals surface area contributed by atoms with Gasteiger partial charge in [0, 0.05) is 5.69 Å². The number of fused-ring (bicyclic) bond motifs is 1. The van der Waals surface area contributed by atoms with Crippen molar-refractivity contribution in [3.63, 3.8) is 0 Å². The highest BCUT2D eigenvalue weighted by molar-refractivity contribution is 6.05. The fourth-order valence-corrected chi connectivity index (χ4v) is 3.67. The van der Waals surface area contributed by atoms with Crippen LogP contribution >= 0.6 is 0 Å². The van der Waals surface area contributed by atoms with Crippen molar-refractivity contribution in [1.82, 2.24) is 0 Å². The van der Waals surface area contributed by atoms with E-state index in [0.717, 1.165) is 29.7 Å². The molecule has 1 heterocycles. The Morgan fingerprint density at radius 3 is 2.52 bits per heavy atom. The van der Waals surface area contributed by atoms with Gasteiger partial charge in [-0.05, 0) is 49.8 Å². The fraction of sp³-hybridized carbons (Fsp3) is 0.611. The Morgan fingerprint density at radius 1 is 1.19 bits per heavy atom. The molecule has 1 amide bonds. The lowest BCUT2D eigenvalue weighted by molar-refractivity contribution is -0.119. The van der Waals surface area contributed by atoms with Crippen LogP contribution in [-0.4, -0.2) is 11.0 Å². The third kappa shape index (κ3) is 2.59. The average molecular weight is 287 g/mol. The smallest absolute Gasteiger partial charge is 0.234 e. The number of hydrogen-bond donors (Lipinski definition) is 2. The number of hydrogen-bond acceptors (Lipinski definition) is 2. The summed E-state index contributed by atoms with van der Waals surface area (Å²) in [7, 11) is 0. The minimum atomic E-state index is -0.505. The van der Waals surface area contributed by atoms with Gasteiger partial charge in [0.15, 0.2) is 0 Å². The van der Waals surface area contributed by atoms with Gasteiger partial charge in [0.2, 0.25) is 5.91 Å². The summed E-state index contributed by atoms with van der Waals surface area (Å²) in [6, 6.07) is 5.94. The van der Waals surface area contributed by atoms with Crippen LogP contribution in [0.15, 0.2) is 18.2 Å². The van der Waals surface area contributed by atoms with Gasteiger partial charge in [0.1, 0.15) is 0 Å². The Labute approximate surface area is 126 Å². The molecule has 114 valence electrons. The maximum atomic E-state index is 12.0. The molecule has 1 aromatic carbocycles. The monoisotopic (exact) mass is 287 g/mol. The van der Waals surface area contributed by atoms with Crippen LogP contribution in [0, 0.1) is 5.92 Å². The molecule has 0 spiro atoms. The summed E-state index contributed by atoms with van der Waals surface area (Å²) in [5.41, 5.74) is 2.36. The number of benzene rings is 1. The molecular formula is C18H25NO2. The number of amides is 1. The number of aliphatic hydroxyl groups is 1. The maximum absolute atomic E-state index is 12.0. The van der Waals surface area contributed by atoms with Gasteiger partial charge in [-0.2, -0.15) is 0 Å². The Bertz CT molecular complexity index is 542. The zero-order valence-electron chi connectivity index (χ0n) is 13.0. The van der Waals surface area contributed by atoms with E-state index in [-0.39, 0.29) is 5.91 Å². The zero-order chi connectivity index (χ0) is 15.0. The number of nitrogens with one attached hydrogen (secondary N) is 1. The summed E-state index contributed by atoms with van der Waals surface area (Å²) in [6.07, 6.45) is 6.84. The molecule has 3 heteroatoms. The predicted octanol–water partition coefficient (Wildman–Crippen LogP) is 3.92. The Hall–Kier alpha value is -1.35. The largest absolute Gasteiger partial charge is 0.388 e. The number of rotatable bonds is 2. The van der Waals surface area contributed by atoms with E-state index < -0.39 is 11.5 Å². The second kappa shape index (κ2) is 5.45. The predicted molar refractivity (Wildman–Crippen MR) is 84.2 cm³/mol. The molecule has 0 radical (unpaired) electrons. The maximum Gasteiger partial charge on any atom is 0.234 e. The fourth-order valence-electron chi connectivity index (χ4n) is 3.67. The van der Waals surface area contributed by atoms with Gasteiger partial charge >= 0.3 is 0 Å². The first-order chi connectivity index (χ1) is 10.00. The molecule has 2 N–H and O–H groups in total. The first kappa shape index (κ1) is 14.6. The van der Waals surface area contributed by atoms with Gasteiger partial charge in [-0.15, -0.1) is 0 Å². The van der Waals surface area contributed by atoms with Gasteiger partial charge in [0.25, 0.3) is 0 Å². The van der Waals surface area contributed by atoms with Crippen LogP contribution in [0.2, 0.25) is 0 Å². The van der Waals surface area contributed by atoms with Crippen LogP contribution < -0.4 is 5.32 Å². The summed E-state index contributed by atoms with van der Waals surface area (Å²) in [5.74, 6) is 0.400. The molecule has 0 bridgehead atoms. The number of carbonyl (C=O) groups is 1.